The van der Waals surface area contributed by atoms with Gasteiger partial charge in [0.15, 0.2) is 0 Å². The third kappa shape index (κ3) is 4.52. The van der Waals surface area contributed by atoms with Crippen molar-refractivity contribution in [2.45, 2.75) is 34.6 Å². The number of anilines is 2. The van der Waals surface area contributed by atoms with E-state index in [2.05, 4.69) is 34.4 Å². The maximum absolute atomic E-state index is 12.5. The summed E-state index contributed by atoms with van der Waals surface area (Å²) in [5.41, 5.74) is 4.13. The zero-order chi connectivity index (χ0) is 17.0. The van der Waals surface area contributed by atoms with Gasteiger partial charge in [0, 0.05) is 17.9 Å². The van der Waals surface area contributed by atoms with Gasteiger partial charge in [-0.15, -0.1) is 0 Å². The van der Waals surface area contributed by atoms with Crippen LogP contribution in [-0.2, 0) is 0 Å². The Morgan fingerprint density at radius 3 is 2.61 bits per heavy atom. The number of aryl methyl sites for hydroxylation is 2. The number of aromatic nitrogens is 2. The second kappa shape index (κ2) is 7.22. The van der Waals surface area contributed by atoms with E-state index in [4.69, 9.17) is 0 Å². The summed E-state index contributed by atoms with van der Waals surface area (Å²) in [5, 5.41) is 6.09. The summed E-state index contributed by atoms with van der Waals surface area (Å²) in [6.07, 6.45) is 0. The van der Waals surface area contributed by atoms with Gasteiger partial charge >= 0.3 is 0 Å². The van der Waals surface area contributed by atoms with Gasteiger partial charge in [0.25, 0.3) is 5.91 Å². The van der Waals surface area contributed by atoms with Crippen molar-refractivity contribution in [3.8, 4) is 0 Å². The van der Waals surface area contributed by atoms with Gasteiger partial charge < -0.3 is 10.6 Å². The van der Waals surface area contributed by atoms with Crippen molar-refractivity contribution in [3.63, 3.8) is 0 Å². The molecule has 1 aromatic heterocycles. The summed E-state index contributed by atoms with van der Waals surface area (Å²) in [6.45, 7) is 10.9. The zero-order valence-electron chi connectivity index (χ0n) is 14.4. The van der Waals surface area contributed by atoms with Gasteiger partial charge in [-0.2, -0.15) is 0 Å². The van der Waals surface area contributed by atoms with E-state index < -0.39 is 0 Å². The number of amides is 1. The lowest BCUT2D eigenvalue weighted by molar-refractivity contribution is 0.102. The van der Waals surface area contributed by atoms with Crippen molar-refractivity contribution in [1.82, 2.24) is 9.97 Å². The number of nitrogens with zero attached hydrogens (tertiary/aromatic N) is 2. The largest absolute Gasteiger partial charge is 0.354 e. The quantitative estimate of drug-likeness (QED) is 0.883. The Bertz CT molecular complexity index is 710. The second-order valence-electron chi connectivity index (χ2n) is 6.19. The van der Waals surface area contributed by atoms with E-state index in [1.807, 2.05) is 39.0 Å². The highest BCUT2D eigenvalue weighted by molar-refractivity contribution is 6.03. The minimum Gasteiger partial charge on any atom is -0.354 e. The predicted octanol–water partition coefficient (Wildman–Crippen LogP) is 3.72. The van der Waals surface area contributed by atoms with Gasteiger partial charge in [-0.3, -0.25) is 4.79 Å². The van der Waals surface area contributed by atoms with Crippen LogP contribution >= 0.6 is 0 Å². The molecular formula is C18H24N4O. The number of carbonyl (C=O) groups excluding carboxylic acids is 1. The maximum atomic E-state index is 12.5. The summed E-state index contributed by atoms with van der Waals surface area (Å²) in [6, 6.07) is 7.54. The molecule has 2 N–H and O–H groups in total. The molecule has 2 aromatic rings. The Morgan fingerprint density at radius 2 is 1.91 bits per heavy atom. The molecule has 0 unspecified atom stereocenters. The Balaban J connectivity index is 2.20. The first-order valence-electron chi connectivity index (χ1n) is 7.84. The lowest BCUT2D eigenvalue weighted by Gasteiger charge is -2.12. The third-order valence-corrected chi connectivity index (χ3v) is 3.61. The second-order valence-corrected chi connectivity index (χ2v) is 6.19. The van der Waals surface area contributed by atoms with Crippen LogP contribution in [0.25, 0.3) is 0 Å². The fourth-order valence-electron chi connectivity index (χ4n) is 2.13. The van der Waals surface area contributed by atoms with E-state index >= 15 is 0 Å². The fraction of sp³-hybridized carbons (Fsp3) is 0.389. The average Bonchev–Trinajstić information content (AvgIpc) is 2.49. The molecule has 0 bridgehead atoms. The van der Waals surface area contributed by atoms with Crippen LogP contribution in [0.15, 0.2) is 24.3 Å². The molecule has 0 fully saturated rings. The Hall–Kier alpha value is -2.43. The summed E-state index contributed by atoms with van der Waals surface area (Å²) < 4.78 is 0. The topological polar surface area (TPSA) is 66.9 Å². The van der Waals surface area contributed by atoms with Crippen molar-refractivity contribution in [2.24, 2.45) is 5.92 Å². The monoisotopic (exact) mass is 312 g/mol. The molecule has 5 nitrogen and oxygen atoms in total. The SMILES string of the molecule is Cc1cc(C(=O)Nc2cccc(C)c2C)nc(NCC(C)C)n1. The fourth-order valence-corrected chi connectivity index (χ4v) is 2.13. The molecule has 0 aliphatic rings. The molecule has 122 valence electrons. The third-order valence-electron chi connectivity index (χ3n) is 3.61. The molecule has 1 amide bonds. The van der Waals surface area contributed by atoms with E-state index in [-0.39, 0.29) is 5.91 Å². The minimum atomic E-state index is -0.225. The highest BCUT2D eigenvalue weighted by Gasteiger charge is 2.12. The standard InChI is InChI=1S/C18H24N4O/c1-11(2)10-19-18-20-13(4)9-16(22-18)17(23)21-15-8-6-7-12(3)14(15)5/h6-9,11H,10H2,1-5H3,(H,21,23)(H,19,20,22). The molecule has 0 atom stereocenters. The van der Waals surface area contributed by atoms with Crippen LogP contribution in [0, 0.1) is 26.7 Å². The van der Waals surface area contributed by atoms with Gasteiger partial charge in [-0.25, -0.2) is 9.97 Å². The molecule has 2 rings (SSSR count). The van der Waals surface area contributed by atoms with E-state index in [9.17, 15) is 4.79 Å². The van der Waals surface area contributed by atoms with Gasteiger partial charge in [-0.05, 0) is 49.9 Å². The molecule has 23 heavy (non-hydrogen) atoms. The van der Waals surface area contributed by atoms with Crippen LogP contribution in [0.2, 0.25) is 0 Å². The number of carbonyl (C=O) groups is 1. The first-order chi connectivity index (χ1) is 10.9. The molecular weight excluding hydrogens is 288 g/mol. The molecule has 0 spiro atoms. The van der Waals surface area contributed by atoms with Crippen LogP contribution in [0.3, 0.4) is 0 Å². The summed E-state index contributed by atoms with van der Waals surface area (Å²) in [7, 11) is 0. The summed E-state index contributed by atoms with van der Waals surface area (Å²) >= 11 is 0. The Morgan fingerprint density at radius 1 is 1.17 bits per heavy atom. The molecule has 0 radical (unpaired) electrons. The van der Waals surface area contributed by atoms with Crippen molar-refractivity contribution in [3.05, 3.63) is 46.8 Å². The summed E-state index contributed by atoms with van der Waals surface area (Å²) in [4.78, 5) is 21.1. The van der Waals surface area contributed by atoms with Crippen LogP contribution in [0.4, 0.5) is 11.6 Å². The van der Waals surface area contributed by atoms with Crippen LogP contribution in [-0.4, -0.2) is 22.4 Å². The van der Waals surface area contributed by atoms with E-state index in [0.717, 1.165) is 29.1 Å². The van der Waals surface area contributed by atoms with Gasteiger partial charge in [0.05, 0.1) is 0 Å². The van der Waals surface area contributed by atoms with Gasteiger partial charge in [0.1, 0.15) is 5.69 Å². The number of hydrogen-bond donors (Lipinski definition) is 2. The Kier molecular flexibility index (Phi) is 5.32. The van der Waals surface area contributed by atoms with Gasteiger partial charge in [-0.1, -0.05) is 26.0 Å². The van der Waals surface area contributed by atoms with Crippen molar-refractivity contribution < 1.29 is 4.79 Å². The highest BCUT2D eigenvalue weighted by atomic mass is 16.1. The van der Waals surface area contributed by atoms with Crippen LogP contribution in [0.1, 0.15) is 41.2 Å². The Labute approximate surface area is 137 Å². The zero-order valence-corrected chi connectivity index (χ0v) is 14.4. The molecule has 0 saturated carbocycles. The van der Waals surface area contributed by atoms with Gasteiger partial charge in [0.2, 0.25) is 5.95 Å². The number of nitrogens with one attached hydrogen (secondary N) is 2. The van der Waals surface area contributed by atoms with E-state index in [0.29, 0.717) is 17.6 Å². The van der Waals surface area contributed by atoms with Crippen molar-refractivity contribution in [2.75, 3.05) is 17.2 Å². The highest BCUT2D eigenvalue weighted by Crippen LogP contribution is 2.19. The molecule has 1 aromatic carbocycles. The summed E-state index contributed by atoms with van der Waals surface area (Å²) in [5.74, 6) is 0.743. The molecule has 5 heteroatoms. The normalized spacial score (nSPS) is 10.7. The lowest BCUT2D eigenvalue weighted by atomic mass is 10.1. The number of benzene rings is 1. The van der Waals surface area contributed by atoms with Crippen LogP contribution in [0.5, 0.6) is 0 Å². The van der Waals surface area contributed by atoms with E-state index in [1.165, 1.54) is 0 Å². The minimum absolute atomic E-state index is 0.225. The maximum Gasteiger partial charge on any atom is 0.274 e. The average molecular weight is 312 g/mol. The lowest BCUT2D eigenvalue weighted by Crippen LogP contribution is -2.18. The first-order valence-corrected chi connectivity index (χ1v) is 7.84. The van der Waals surface area contributed by atoms with E-state index in [1.54, 1.807) is 6.07 Å². The van der Waals surface area contributed by atoms with Crippen molar-refractivity contribution >= 4 is 17.5 Å². The first kappa shape index (κ1) is 16.9. The molecule has 1 heterocycles. The molecule has 0 aliphatic heterocycles. The number of hydrogen-bond acceptors (Lipinski definition) is 4. The number of rotatable bonds is 5. The molecule has 0 aliphatic carbocycles. The van der Waals surface area contributed by atoms with Crippen LogP contribution < -0.4 is 10.6 Å². The predicted molar refractivity (Wildman–Crippen MR) is 94.0 cm³/mol. The smallest absolute Gasteiger partial charge is 0.274 e. The molecule has 0 saturated heterocycles. The van der Waals surface area contributed by atoms with Crippen molar-refractivity contribution in [1.29, 1.82) is 0 Å².